The molecule has 2 rings (SSSR count). The topological polar surface area (TPSA) is 40.5 Å². The maximum absolute atomic E-state index is 10.9. The molecule has 0 spiro atoms. The normalized spacial score (nSPS) is 12.5. The molecular formula is C22H30O2Te. The second kappa shape index (κ2) is 6.86. The van der Waals surface area contributed by atoms with Gasteiger partial charge in [-0.25, -0.2) is 0 Å². The molecule has 2 aromatic rings. The molecule has 3 heteroatoms. The quantitative estimate of drug-likeness (QED) is 0.675. The molecule has 0 heterocycles. The molecule has 0 radical (unpaired) electrons. The van der Waals surface area contributed by atoms with Gasteiger partial charge in [-0.05, 0) is 0 Å². The molecule has 136 valence electrons. The van der Waals surface area contributed by atoms with Crippen LogP contribution in [-0.2, 0) is 10.8 Å². The monoisotopic (exact) mass is 456 g/mol. The van der Waals surface area contributed by atoms with Crippen LogP contribution < -0.4 is 7.22 Å². The molecule has 2 aromatic carbocycles. The Kier molecular flexibility index (Phi) is 5.53. The van der Waals surface area contributed by atoms with Gasteiger partial charge in [-0.3, -0.25) is 0 Å². The summed E-state index contributed by atoms with van der Waals surface area (Å²) < 4.78 is 1.99. The van der Waals surface area contributed by atoms with E-state index in [1.54, 1.807) is 0 Å². The van der Waals surface area contributed by atoms with Crippen LogP contribution in [0.2, 0.25) is 0 Å². The second-order valence-electron chi connectivity index (χ2n) is 8.92. The van der Waals surface area contributed by atoms with Crippen LogP contribution in [0.25, 0.3) is 0 Å². The minimum atomic E-state index is -0.897. The summed E-state index contributed by atoms with van der Waals surface area (Å²) in [6, 6.07) is 8.29. The molecule has 0 aliphatic carbocycles. The molecule has 0 aliphatic heterocycles. The average molecular weight is 454 g/mol. The number of phenols is 2. The van der Waals surface area contributed by atoms with Crippen LogP contribution in [-0.4, -0.2) is 31.1 Å². The van der Waals surface area contributed by atoms with Crippen LogP contribution in [0.15, 0.2) is 24.3 Å². The van der Waals surface area contributed by atoms with Crippen molar-refractivity contribution in [2.75, 3.05) is 0 Å². The van der Waals surface area contributed by atoms with E-state index in [0.717, 1.165) is 29.5 Å². The summed E-state index contributed by atoms with van der Waals surface area (Å²) in [6.07, 6.45) is 0. The Morgan fingerprint density at radius 3 is 1.24 bits per heavy atom. The maximum atomic E-state index is 10.9. The zero-order valence-corrected chi connectivity index (χ0v) is 18.9. The molecule has 0 amide bonds. The Morgan fingerprint density at radius 1 is 0.640 bits per heavy atom. The van der Waals surface area contributed by atoms with Crippen molar-refractivity contribution in [1.82, 2.24) is 0 Å². The molecule has 0 unspecified atom stereocenters. The number of hydrogen-bond donors (Lipinski definition) is 2. The van der Waals surface area contributed by atoms with Crippen molar-refractivity contribution in [3.05, 3.63) is 46.5 Å². The van der Waals surface area contributed by atoms with Crippen LogP contribution in [0.5, 0.6) is 11.5 Å². The SMILES string of the molecule is Cc1cc([Te]c2cc(C)cc(C(C)(C)C)c2O)c(O)c(C(C)(C)C)c1. The molecule has 0 aromatic heterocycles. The predicted molar refractivity (Wildman–Crippen MR) is 108 cm³/mol. The van der Waals surface area contributed by atoms with Crippen molar-refractivity contribution in [2.45, 2.75) is 66.2 Å². The van der Waals surface area contributed by atoms with Gasteiger partial charge >= 0.3 is 163 Å². The summed E-state index contributed by atoms with van der Waals surface area (Å²) in [7, 11) is 0. The Morgan fingerprint density at radius 2 is 0.960 bits per heavy atom. The fraction of sp³-hybridized carbons (Fsp3) is 0.455. The number of phenolic OH excluding ortho intramolecular Hbond substituents is 2. The standard InChI is InChI=1S/C22H30O2Te/c1-13-9-15(21(3,4)5)19(23)17(11-13)25-18-12-14(2)10-16(20(18)24)22(6,7)8/h9-12,23-24H,1-8H3. The number of hydrogen-bond acceptors (Lipinski definition) is 2. The third-order valence-corrected chi connectivity index (χ3v) is 7.31. The fourth-order valence-electron chi connectivity index (χ4n) is 2.91. The van der Waals surface area contributed by atoms with Crippen molar-refractivity contribution in [3.8, 4) is 11.5 Å². The van der Waals surface area contributed by atoms with Gasteiger partial charge in [0.2, 0.25) is 0 Å². The van der Waals surface area contributed by atoms with Crippen molar-refractivity contribution < 1.29 is 10.2 Å². The number of rotatable bonds is 2. The Hall–Kier alpha value is -1.17. The van der Waals surface area contributed by atoms with Gasteiger partial charge < -0.3 is 0 Å². The molecule has 0 aliphatic rings. The predicted octanol–water partition coefficient (Wildman–Crippen LogP) is 3.96. The van der Waals surface area contributed by atoms with E-state index in [-0.39, 0.29) is 10.8 Å². The van der Waals surface area contributed by atoms with E-state index in [0.29, 0.717) is 11.5 Å². The van der Waals surface area contributed by atoms with Gasteiger partial charge in [-0.1, -0.05) is 0 Å². The Labute approximate surface area is 162 Å². The van der Waals surface area contributed by atoms with E-state index in [2.05, 4.69) is 79.7 Å². The summed E-state index contributed by atoms with van der Waals surface area (Å²) >= 11 is -0.897. The number of aryl methyl sites for hydroxylation is 2. The van der Waals surface area contributed by atoms with E-state index in [4.69, 9.17) is 0 Å². The van der Waals surface area contributed by atoms with Gasteiger partial charge in [0.1, 0.15) is 0 Å². The van der Waals surface area contributed by atoms with Gasteiger partial charge in [0.25, 0.3) is 0 Å². The molecule has 0 atom stereocenters. The second-order valence-corrected chi connectivity index (χ2v) is 12.0. The van der Waals surface area contributed by atoms with Crippen molar-refractivity contribution in [2.24, 2.45) is 0 Å². The van der Waals surface area contributed by atoms with Gasteiger partial charge in [-0.15, -0.1) is 0 Å². The summed E-state index contributed by atoms with van der Waals surface area (Å²) in [6.45, 7) is 16.9. The third kappa shape index (κ3) is 4.52. The van der Waals surface area contributed by atoms with Crippen molar-refractivity contribution >= 4 is 28.1 Å². The van der Waals surface area contributed by atoms with E-state index in [1.807, 2.05) is 0 Å². The zero-order chi connectivity index (χ0) is 19.2. The van der Waals surface area contributed by atoms with E-state index < -0.39 is 20.9 Å². The summed E-state index contributed by atoms with van der Waals surface area (Å²) in [5, 5.41) is 21.7. The molecule has 0 bridgehead atoms. The van der Waals surface area contributed by atoms with Gasteiger partial charge in [0.05, 0.1) is 0 Å². The first-order valence-electron chi connectivity index (χ1n) is 8.66. The Bertz CT molecular complexity index is 726. The summed E-state index contributed by atoms with van der Waals surface area (Å²) in [5.41, 5.74) is 4.06. The summed E-state index contributed by atoms with van der Waals surface area (Å²) in [5.74, 6) is 0.803. The van der Waals surface area contributed by atoms with Crippen LogP contribution in [0.3, 0.4) is 0 Å². The van der Waals surface area contributed by atoms with Crippen LogP contribution in [0, 0.1) is 13.8 Å². The van der Waals surface area contributed by atoms with Gasteiger partial charge in [0.15, 0.2) is 0 Å². The summed E-state index contributed by atoms with van der Waals surface area (Å²) in [4.78, 5) is 0. The zero-order valence-electron chi connectivity index (χ0n) is 16.6. The third-order valence-electron chi connectivity index (χ3n) is 4.27. The van der Waals surface area contributed by atoms with Crippen LogP contribution in [0.1, 0.15) is 63.8 Å². The van der Waals surface area contributed by atoms with Crippen LogP contribution in [0.4, 0.5) is 0 Å². The minimum absolute atomic E-state index is 0.108. The van der Waals surface area contributed by atoms with E-state index >= 15 is 0 Å². The first-order chi connectivity index (χ1) is 11.3. The first kappa shape index (κ1) is 20.1. The Balaban J connectivity index is 2.58. The van der Waals surface area contributed by atoms with Crippen LogP contribution >= 0.6 is 0 Å². The molecule has 2 nitrogen and oxygen atoms in total. The average Bonchev–Trinajstić information content (AvgIpc) is 2.43. The molecule has 25 heavy (non-hydrogen) atoms. The van der Waals surface area contributed by atoms with Gasteiger partial charge in [-0.2, -0.15) is 0 Å². The first-order valence-corrected chi connectivity index (χ1v) is 11.0. The number of benzene rings is 2. The molecule has 0 saturated heterocycles. The molecule has 0 saturated carbocycles. The fourth-order valence-corrected chi connectivity index (χ4v) is 6.16. The number of aromatic hydroxyl groups is 2. The van der Waals surface area contributed by atoms with Crippen molar-refractivity contribution in [3.63, 3.8) is 0 Å². The van der Waals surface area contributed by atoms with E-state index in [9.17, 15) is 10.2 Å². The molecule has 2 N–H and O–H groups in total. The van der Waals surface area contributed by atoms with E-state index in [1.165, 1.54) is 0 Å². The van der Waals surface area contributed by atoms with Crippen molar-refractivity contribution in [1.29, 1.82) is 0 Å². The molecule has 0 fully saturated rings. The molecular weight excluding hydrogens is 424 g/mol. The van der Waals surface area contributed by atoms with Gasteiger partial charge in [0, 0.05) is 0 Å².